The zero-order valence-electron chi connectivity index (χ0n) is 14.5. The number of hydrogen-bond donors (Lipinski definition) is 1. The van der Waals surface area contributed by atoms with Gasteiger partial charge in [0.25, 0.3) is 21.9 Å². The Morgan fingerprint density at radius 1 is 1.11 bits per heavy atom. The number of sulfonamides is 1. The van der Waals surface area contributed by atoms with Crippen LogP contribution in [0.1, 0.15) is 11.4 Å². The molecule has 0 saturated heterocycles. The summed E-state index contributed by atoms with van der Waals surface area (Å²) < 4.78 is 69.4. The minimum Gasteiger partial charge on any atom is -0.404 e. The summed E-state index contributed by atoms with van der Waals surface area (Å²) in [5, 5.41) is 3.90. The Bertz CT molecular complexity index is 1090. The largest absolute Gasteiger partial charge is 0.573 e. The molecule has 9 nitrogen and oxygen atoms in total. The fourth-order valence-corrected chi connectivity index (χ4v) is 3.35. The van der Waals surface area contributed by atoms with Crippen LogP contribution >= 0.6 is 0 Å². The molecule has 0 amide bonds. The van der Waals surface area contributed by atoms with Crippen molar-refractivity contribution in [2.75, 3.05) is 4.72 Å². The number of anilines is 1. The SMILES string of the molecule is Cc1cc(C)nc(-n2cnc(NS(=O)(=O)c3ccccc3OC(F)(F)F)n2)n1. The first-order chi connectivity index (χ1) is 13.0. The molecule has 0 aliphatic heterocycles. The van der Waals surface area contributed by atoms with Crippen molar-refractivity contribution < 1.29 is 26.3 Å². The van der Waals surface area contributed by atoms with Crippen LogP contribution in [-0.2, 0) is 10.0 Å². The van der Waals surface area contributed by atoms with E-state index in [9.17, 15) is 21.6 Å². The standard InChI is InChI=1S/C15H13F3N6O3S/c1-9-7-10(2)21-14(20-9)24-8-19-13(22-24)23-28(25,26)12-6-4-3-5-11(12)27-15(16,17)18/h3-8H,1-2H3,(H,22,23). The third kappa shape index (κ3) is 4.54. The molecule has 3 aromatic rings. The lowest BCUT2D eigenvalue weighted by Gasteiger charge is -2.13. The van der Waals surface area contributed by atoms with Crippen molar-refractivity contribution in [3.05, 3.63) is 48.0 Å². The van der Waals surface area contributed by atoms with Crippen LogP contribution in [-0.4, -0.2) is 39.5 Å². The van der Waals surface area contributed by atoms with E-state index >= 15 is 0 Å². The maximum Gasteiger partial charge on any atom is 0.573 e. The number of aromatic nitrogens is 5. The number of alkyl halides is 3. The van der Waals surface area contributed by atoms with Gasteiger partial charge in [0.1, 0.15) is 17.0 Å². The van der Waals surface area contributed by atoms with E-state index < -0.39 is 27.0 Å². The molecule has 0 radical (unpaired) electrons. The highest BCUT2D eigenvalue weighted by Gasteiger charge is 2.34. The second-order valence-corrected chi connectivity index (χ2v) is 7.21. The van der Waals surface area contributed by atoms with Crippen LogP contribution in [0.15, 0.2) is 41.6 Å². The number of halogens is 3. The van der Waals surface area contributed by atoms with Gasteiger partial charge < -0.3 is 4.74 Å². The van der Waals surface area contributed by atoms with Crippen LogP contribution in [0.5, 0.6) is 5.75 Å². The Labute approximate surface area is 157 Å². The van der Waals surface area contributed by atoms with Crippen LogP contribution in [0.4, 0.5) is 19.1 Å². The number of nitrogens with one attached hydrogen (secondary N) is 1. The first-order valence-corrected chi connectivity index (χ1v) is 9.14. The molecule has 1 aromatic carbocycles. The second-order valence-electron chi connectivity index (χ2n) is 5.56. The molecule has 2 heterocycles. The molecule has 0 spiro atoms. The number of nitrogens with zero attached hydrogens (tertiary/aromatic N) is 5. The Morgan fingerprint density at radius 2 is 1.75 bits per heavy atom. The highest BCUT2D eigenvalue weighted by atomic mass is 32.2. The molecule has 148 valence electrons. The van der Waals surface area contributed by atoms with Gasteiger partial charge in [0, 0.05) is 11.4 Å². The van der Waals surface area contributed by atoms with Gasteiger partial charge >= 0.3 is 6.36 Å². The smallest absolute Gasteiger partial charge is 0.404 e. The van der Waals surface area contributed by atoms with E-state index in [1.165, 1.54) is 18.5 Å². The predicted octanol–water partition coefficient (Wildman–Crippen LogP) is 2.37. The lowest BCUT2D eigenvalue weighted by molar-refractivity contribution is -0.275. The van der Waals surface area contributed by atoms with Gasteiger partial charge in [-0.05, 0) is 32.0 Å². The Morgan fingerprint density at radius 3 is 2.39 bits per heavy atom. The van der Waals surface area contributed by atoms with Crippen LogP contribution < -0.4 is 9.46 Å². The van der Waals surface area contributed by atoms with Crippen molar-refractivity contribution in [1.82, 2.24) is 24.7 Å². The quantitative estimate of drug-likeness (QED) is 0.682. The second kappa shape index (κ2) is 7.07. The number of rotatable bonds is 5. The number of ether oxygens (including phenoxy) is 1. The van der Waals surface area contributed by atoms with E-state index in [0.29, 0.717) is 11.4 Å². The molecule has 0 bridgehead atoms. The molecule has 3 rings (SSSR count). The van der Waals surface area contributed by atoms with Gasteiger partial charge in [-0.1, -0.05) is 12.1 Å². The number of aryl methyl sites for hydroxylation is 2. The van der Waals surface area contributed by atoms with Crippen LogP contribution in [0.2, 0.25) is 0 Å². The molecule has 0 aliphatic rings. The van der Waals surface area contributed by atoms with Gasteiger partial charge in [0.2, 0.25) is 0 Å². The van der Waals surface area contributed by atoms with Crippen LogP contribution in [0, 0.1) is 13.8 Å². The number of para-hydroxylation sites is 1. The van der Waals surface area contributed by atoms with E-state index in [1.54, 1.807) is 19.9 Å². The lowest BCUT2D eigenvalue weighted by atomic mass is 10.3. The van der Waals surface area contributed by atoms with Gasteiger partial charge in [0.05, 0.1) is 0 Å². The van der Waals surface area contributed by atoms with Gasteiger partial charge in [-0.2, -0.15) is 9.67 Å². The monoisotopic (exact) mass is 414 g/mol. The molecule has 28 heavy (non-hydrogen) atoms. The summed E-state index contributed by atoms with van der Waals surface area (Å²) in [6.45, 7) is 3.49. The highest BCUT2D eigenvalue weighted by Crippen LogP contribution is 2.30. The zero-order valence-corrected chi connectivity index (χ0v) is 15.3. The Balaban J connectivity index is 1.89. The van der Waals surface area contributed by atoms with Gasteiger partial charge in [0.15, 0.2) is 0 Å². The van der Waals surface area contributed by atoms with Crippen LogP contribution in [0.25, 0.3) is 5.95 Å². The molecule has 13 heteroatoms. The maximum absolute atomic E-state index is 12.5. The number of benzene rings is 1. The molecular formula is C15H13F3N6O3S. The van der Waals surface area contributed by atoms with Gasteiger partial charge in [-0.25, -0.2) is 23.1 Å². The maximum atomic E-state index is 12.5. The summed E-state index contributed by atoms with van der Waals surface area (Å²) in [6, 6.07) is 6.06. The van der Waals surface area contributed by atoms with Crippen molar-refractivity contribution in [2.24, 2.45) is 0 Å². The molecule has 0 atom stereocenters. The third-order valence-corrected chi connectivity index (χ3v) is 4.62. The zero-order chi connectivity index (χ0) is 20.5. The van der Waals surface area contributed by atoms with E-state index in [1.807, 2.05) is 4.72 Å². The lowest BCUT2D eigenvalue weighted by Crippen LogP contribution is -2.21. The topological polar surface area (TPSA) is 112 Å². The fourth-order valence-electron chi connectivity index (χ4n) is 2.27. The van der Waals surface area contributed by atoms with E-state index in [2.05, 4.69) is 24.8 Å². The van der Waals surface area contributed by atoms with Gasteiger partial charge in [-0.15, -0.1) is 18.3 Å². The summed E-state index contributed by atoms with van der Waals surface area (Å²) in [4.78, 5) is 11.4. The summed E-state index contributed by atoms with van der Waals surface area (Å²) in [5.74, 6) is -1.08. The summed E-state index contributed by atoms with van der Waals surface area (Å²) >= 11 is 0. The minimum atomic E-state index is -5.05. The van der Waals surface area contributed by atoms with Crippen molar-refractivity contribution in [2.45, 2.75) is 25.1 Å². The average Bonchev–Trinajstić information content (AvgIpc) is 3.00. The third-order valence-electron chi connectivity index (χ3n) is 3.26. The van der Waals surface area contributed by atoms with E-state index in [-0.39, 0.29) is 11.9 Å². The van der Waals surface area contributed by atoms with Crippen molar-refractivity contribution in [1.29, 1.82) is 0 Å². The Kier molecular flexibility index (Phi) is 4.93. The molecule has 0 fully saturated rings. The summed E-state index contributed by atoms with van der Waals surface area (Å²) in [7, 11) is -4.46. The summed E-state index contributed by atoms with van der Waals surface area (Å²) in [6.07, 6.45) is -3.88. The first-order valence-electron chi connectivity index (χ1n) is 7.65. The normalized spacial score (nSPS) is 12.0. The van der Waals surface area contributed by atoms with E-state index in [0.717, 1.165) is 16.8 Å². The molecular weight excluding hydrogens is 401 g/mol. The van der Waals surface area contributed by atoms with Crippen molar-refractivity contribution >= 4 is 16.0 Å². The van der Waals surface area contributed by atoms with Crippen LogP contribution in [0.3, 0.4) is 0 Å². The van der Waals surface area contributed by atoms with Gasteiger partial charge in [-0.3, -0.25) is 0 Å². The van der Waals surface area contributed by atoms with E-state index in [4.69, 9.17) is 0 Å². The molecule has 0 saturated carbocycles. The predicted molar refractivity (Wildman–Crippen MR) is 90.4 cm³/mol. The minimum absolute atomic E-state index is 0.163. The Hall–Kier alpha value is -3.22. The average molecular weight is 414 g/mol. The van der Waals surface area contributed by atoms with Crippen molar-refractivity contribution in [3.8, 4) is 11.7 Å². The molecule has 0 aliphatic carbocycles. The fraction of sp³-hybridized carbons (Fsp3) is 0.200. The molecule has 1 N–H and O–H groups in total. The number of hydrogen-bond acceptors (Lipinski definition) is 7. The molecule has 2 aromatic heterocycles. The first kappa shape index (κ1) is 19.5. The summed E-state index contributed by atoms with van der Waals surface area (Å²) in [5.41, 5.74) is 1.33. The highest BCUT2D eigenvalue weighted by molar-refractivity contribution is 7.92. The van der Waals surface area contributed by atoms with Crippen molar-refractivity contribution in [3.63, 3.8) is 0 Å². The molecule has 0 unspecified atom stereocenters.